The van der Waals surface area contributed by atoms with Gasteiger partial charge in [-0.25, -0.2) is 9.97 Å². The molecule has 3 aromatic carbocycles. The summed E-state index contributed by atoms with van der Waals surface area (Å²) in [6, 6.07) is 24.6. The van der Waals surface area contributed by atoms with Crippen LogP contribution < -0.4 is 5.32 Å². The lowest BCUT2D eigenvalue weighted by Crippen LogP contribution is -2.14. The van der Waals surface area contributed by atoms with Gasteiger partial charge in [-0.05, 0) is 48.5 Å². The van der Waals surface area contributed by atoms with Crippen LogP contribution in [0.15, 0.2) is 78.0 Å². The molecule has 0 aliphatic heterocycles. The largest absolute Gasteiger partial charge is 0.325 e. The van der Waals surface area contributed by atoms with Crippen LogP contribution in [0.4, 0.5) is 5.69 Å². The number of nitriles is 1. The van der Waals surface area contributed by atoms with Crippen LogP contribution in [0, 0.1) is 11.3 Å². The summed E-state index contributed by atoms with van der Waals surface area (Å²) in [6.45, 7) is 0. The maximum atomic E-state index is 12.5. The average molecular weight is 409 g/mol. The third-order valence-electron chi connectivity index (χ3n) is 4.74. The third-order valence-corrected chi connectivity index (χ3v) is 5.68. The summed E-state index contributed by atoms with van der Waals surface area (Å²) in [5.41, 5.74) is 4.73. The van der Waals surface area contributed by atoms with Gasteiger partial charge in [-0.3, -0.25) is 9.20 Å². The van der Waals surface area contributed by atoms with E-state index in [1.807, 2.05) is 52.9 Å². The number of nitrogens with one attached hydrogen (secondary N) is 1. The van der Waals surface area contributed by atoms with Crippen LogP contribution in [0.3, 0.4) is 0 Å². The Morgan fingerprint density at radius 3 is 2.50 bits per heavy atom. The summed E-state index contributed by atoms with van der Waals surface area (Å²) in [5.74, 6) is 0.0599. The van der Waals surface area contributed by atoms with E-state index in [0.29, 0.717) is 16.4 Å². The molecule has 1 N–H and O–H groups in total. The van der Waals surface area contributed by atoms with Crippen molar-refractivity contribution in [3.05, 3.63) is 78.4 Å². The van der Waals surface area contributed by atoms with Gasteiger partial charge in [-0.15, -0.1) is 0 Å². The Balaban J connectivity index is 1.48. The Hall–Kier alpha value is -3.89. The lowest BCUT2D eigenvalue weighted by Gasteiger charge is -2.09. The molecular weight excluding hydrogens is 394 g/mol. The summed E-state index contributed by atoms with van der Waals surface area (Å²) in [5, 5.41) is 13.4. The van der Waals surface area contributed by atoms with E-state index < -0.39 is 0 Å². The first kappa shape index (κ1) is 18.2. The fourth-order valence-electron chi connectivity index (χ4n) is 3.37. The Labute approximate surface area is 176 Å². The molecule has 0 aliphatic carbocycles. The number of amides is 1. The molecule has 144 valence electrons. The Kier molecular flexibility index (Phi) is 4.54. The SMILES string of the molecule is N#Cc1ccc(NC(=O)CSc2nc3ccccc3c3nc4ccccc4n23)cc1. The Morgan fingerprint density at radius 1 is 0.967 bits per heavy atom. The molecule has 30 heavy (non-hydrogen) atoms. The molecule has 7 heteroatoms. The summed E-state index contributed by atoms with van der Waals surface area (Å²) in [7, 11) is 0. The van der Waals surface area contributed by atoms with Crippen LogP contribution in [0.2, 0.25) is 0 Å². The molecule has 0 aliphatic rings. The quantitative estimate of drug-likeness (QED) is 0.345. The maximum absolute atomic E-state index is 12.5. The molecule has 0 fully saturated rings. The zero-order valence-corrected chi connectivity index (χ0v) is 16.6. The van der Waals surface area contributed by atoms with Crippen LogP contribution in [0.25, 0.3) is 27.6 Å². The Morgan fingerprint density at radius 2 is 1.70 bits per heavy atom. The number of hydrogen-bond acceptors (Lipinski definition) is 5. The average Bonchev–Trinajstić information content (AvgIpc) is 3.18. The fourth-order valence-corrected chi connectivity index (χ4v) is 4.17. The monoisotopic (exact) mass is 409 g/mol. The molecule has 6 nitrogen and oxygen atoms in total. The second-order valence-electron chi connectivity index (χ2n) is 6.70. The summed E-state index contributed by atoms with van der Waals surface area (Å²) in [4.78, 5) is 22.1. The minimum atomic E-state index is -0.141. The predicted octanol–water partition coefficient (Wildman–Crippen LogP) is 4.64. The van der Waals surface area contributed by atoms with Gasteiger partial charge in [0.05, 0.1) is 33.9 Å². The van der Waals surface area contributed by atoms with E-state index in [2.05, 4.69) is 11.4 Å². The number of imidazole rings is 1. The van der Waals surface area contributed by atoms with Gasteiger partial charge in [0.15, 0.2) is 5.16 Å². The number of carbonyl (C=O) groups excluding carboxylic acids is 1. The predicted molar refractivity (Wildman–Crippen MR) is 119 cm³/mol. The van der Waals surface area contributed by atoms with Crippen LogP contribution in [-0.2, 0) is 4.79 Å². The number of anilines is 1. The van der Waals surface area contributed by atoms with Crippen molar-refractivity contribution < 1.29 is 4.79 Å². The number of hydrogen-bond donors (Lipinski definition) is 1. The topological polar surface area (TPSA) is 83.1 Å². The highest BCUT2D eigenvalue weighted by Gasteiger charge is 2.15. The highest BCUT2D eigenvalue weighted by Crippen LogP contribution is 2.29. The van der Waals surface area contributed by atoms with Crippen molar-refractivity contribution in [2.45, 2.75) is 5.16 Å². The van der Waals surface area contributed by atoms with Gasteiger partial charge in [-0.2, -0.15) is 5.26 Å². The number of para-hydroxylation sites is 3. The first-order valence-electron chi connectivity index (χ1n) is 9.32. The second-order valence-corrected chi connectivity index (χ2v) is 7.64. The zero-order chi connectivity index (χ0) is 20.5. The van der Waals surface area contributed by atoms with Crippen molar-refractivity contribution in [1.82, 2.24) is 14.4 Å². The van der Waals surface area contributed by atoms with Crippen LogP contribution in [-0.4, -0.2) is 26.0 Å². The molecule has 0 unspecified atom stereocenters. The molecular formula is C23H15N5OS. The van der Waals surface area contributed by atoms with Crippen molar-refractivity contribution in [1.29, 1.82) is 5.26 Å². The van der Waals surface area contributed by atoms with Crippen LogP contribution in [0.5, 0.6) is 0 Å². The van der Waals surface area contributed by atoms with Gasteiger partial charge >= 0.3 is 0 Å². The van der Waals surface area contributed by atoms with E-state index in [9.17, 15) is 4.79 Å². The lowest BCUT2D eigenvalue weighted by atomic mass is 10.2. The number of thioether (sulfide) groups is 1. The minimum Gasteiger partial charge on any atom is -0.325 e. The number of aromatic nitrogens is 3. The molecule has 0 atom stereocenters. The van der Waals surface area contributed by atoms with Gasteiger partial charge in [0.1, 0.15) is 5.65 Å². The van der Waals surface area contributed by atoms with Gasteiger partial charge < -0.3 is 5.32 Å². The number of rotatable bonds is 4. The fraction of sp³-hybridized carbons (Fsp3) is 0.0435. The van der Waals surface area contributed by atoms with Crippen LogP contribution >= 0.6 is 11.8 Å². The summed E-state index contributed by atoms with van der Waals surface area (Å²) < 4.78 is 2.01. The molecule has 2 heterocycles. The van der Waals surface area contributed by atoms with Gasteiger partial charge in [0.25, 0.3) is 0 Å². The number of benzene rings is 3. The van der Waals surface area contributed by atoms with Crippen LogP contribution in [0.1, 0.15) is 5.56 Å². The molecule has 0 saturated heterocycles. The number of fused-ring (bicyclic) bond motifs is 5. The first-order chi connectivity index (χ1) is 14.7. The number of carbonyl (C=O) groups is 1. The van der Waals surface area contributed by atoms with E-state index >= 15 is 0 Å². The van der Waals surface area contributed by atoms with E-state index in [4.69, 9.17) is 15.2 Å². The zero-order valence-electron chi connectivity index (χ0n) is 15.7. The lowest BCUT2D eigenvalue weighted by molar-refractivity contribution is -0.113. The number of nitrogens with zero attached hydrogens (tertiary/aromatic N) is 4. The smallest absolute Gasteiger partial charge is 0.234 e. The molecule has 5 aromatic rings. The van der Waals surface area contributed by atoms with Crippen molar-refractivity contribution in [3.63, 3.8) is 0 Å². The van der Waals surface area contributed by atoms with E-state index in [1.54, 1.807) is 24.3 Å². The Bertz CT molecular complexity index is 1450. The summed E-state index contributed by atoms with van der Waals surface area (Å²) in [6.07, 6.45) is 0. The highest BCUT2D eigenvalue weighted by molar-refractivity contribution is 7.99. The molecule has 0 bridgehead atoms. The normalized spacial score (nSPS) is 11.0. The molecule has 0 spiro atoms. The van der Waals surface area contributed by atoms with Gasteiger partial charge in [0, 0.05) is 11.1 Å². The van der Waals surface area contributed by atoms with Gasteiger partial charge in [-0.1, -0.05) is 36.0 Å². The molecule has 5 rings (SSSR count). The van der Waals surface area contributed by atoms with Crippen molar-refractivity contribution in [3.8, 4) is 6.07 Å². The molecule has 1 amide bonds. The first-order valence-corrected chi connectivity index (χ1v) is 10.3. The van der Waals surface area contributed by atoms with Crippen molar-refractivity contribution in [2.75, 3.05) is 11.1 Å². The standard InChI is InChI=1S/C23H15N5OS/c24-13-15-9-11-16(12-10-15)25-21(29)14-30-23-27-18-6-2-1-5-17(18)22-26-19-7-3-4-8-20(19)28(22)23/h1-12H,14H2,(H,25,29). The van der Waals surface area contributed by atoms with E-state index in [-0.39, 0.29) is 11.7 Å². The minimum absolute atomic E-state index is 0.141. The highest BCUT2D eigenvalue weighted by atomic mass is 32.2. The third kappa shape index (κ3) is 3.23. The molecule has 2 aromatic heterocycles. The van der Waals surface area contributed by atoms with E-state index in [1.165, 1.54) is 11.8 Å². The summed E-state index contributed by atoms with van der Waals surface area (Å²) >= 11 is 1.37. The molecule has 0 saturated carbocycles. The molecule has 0 radical (unpaired) electrons. The van der Waals surface area contributed by atoms with E-state index in [0.717, 1.165) is 27.6 Å². The van der Waals surface area contributed by atoms with Crippen molar-refractivity contribution in [2.24, 2.45) is 0 Å². The van der Waals surface area contributed by atoms with Gasteiger partial charge in [0.2, 0.25) is 5.91 Å². The second kappa shape index (κ2) is 7.50. The van der Waals surface area contributed by atoms with Crippen molar-refractivity contribution >= 4 is 50.9 Å². The maximum Gasteiger partial charge on any atom is 0.234 e.